The Morgan fingerprint density at radius 3 is 2.49 bits per heavy atom. The lowest BCUT2D eigenvalue weighted by atomic mass is 10.0. The molecule has 9 nitrogen and oxygen atoms in total. The third-order valence-electron chi connectivity index (χ3n) is 5.59. The average Bonchev–Trinajstić information content (AvgIpc) is 3.38. The second-order valence-corrected chi connectivity index (χ2v) is 11.3. The lowest BCUT2D eigenvalue weighted by molar-refractivity contribution is -0.114. The number of rotatable bonds is 8. The van der Waals surface area contributed by atoms with E-state index >= 15 is 0 Å². The molecule has 0 spiro atoms. The molecule has 1 amide bonds. The van der Waals surface area contributed by atoms with Gasteiger partial charge in [0.05, 0.1) is 34.4 Å². The summed E-state index contributed by atoms with van der Waals surface area (Å²) in [6.07, 6.45) is 0. The number of amides is 1. The van der Waals surface area contributed by atoms with Crippen LogP contribution in [0.25, 0.3) is 10.2 Å². The summed E-state index contributed by atoms with van der Waals surface area (Å²) < 4.78 is 34.6. The fourth-order valence-corrected chi connectivity index (χ4v) is 6.41. The van der Waals surface area contributed by atoms with Gasteiger partial charge in [-0.25, -0.2) is 13.4 Å². The second-order valence-electron chi connectivity index (χ2n) is 8.42. The number of carbonyl (C=O) groups excluding carboxylic acids is 1. The summed E-state index contributed by atoms with van der Waals surface area (Å²) >= 11 is 1.29. The fraction of sp³-hybridized carbons (Fsp3) is 0.292. The molecule has 2 aromatic heterocycles. The summed E-state index contributed by atoms with van der Waals surface area (Å²) in [5.41, 5.74) is 2.91. The van der Waals surface area contributed by atoms with E-state index in [2.05, 4.69) is 34.3 Å². The minimum absolute atomic E-state index is 0.0605. The highest BCUT2D eigenvalue weighted by atomic mass is 32.2. The van der Waals surface area contributed by atoms with Gasteiger partial charge in [0.15, 0.2) is 5.13 Å². The van der Waals surface area contributed by atoms with Crippen molar-refractivity contribution in [1.29, 1.82) is 0 Å². The number of sulfonamides is 1. The highest BCUT2D eigenvalue weighted by Crippen LogP contribution is 2.31. The van der Waals surface area contributed by atoms with E-state index in [1.54, 1.807) is 45.2 Å². The number of anilines is 2. The Bertz CT molecular complexity index is 1450. The van der Waals surface area contributed by atoms with Crippen LogP contribution in [0.5, 0.6) is 5.75 Å². The first kappa shape index (κ1) is 24.7. The van der Waals surface area contributed by atoms with E-state index in [0.717, 1.165) is 14.6 Å². The van der Waals surface area contributed by atoms with Crippen LogP contribution in [-0.4, -0.2) is 43.2 Å². The summed E-state index contributed by atoms with van der Waals surface area (Å²) in [4.78, 5) is 17.5. The van der Waals surface area contributed by atoms with Crippen molar-refractivity contribution in [2.45, 2.75) is 38.5 Å². The average molecular weight is 514 g/mol. The molecule has 0 radical (unpaired) electrons. The second kappa shape index (κ2) is 9.67. The highest BCUT2D eigenvalue weighted by Gasteiger charge is 2.32. The maximum absolute atomic E-state index is 13.7. The zero-order chi connectivity index (χ0) is 25.3. The van der Waals surface area contributed by atoms with Crippen molar-refractivity contribution < 1.29 is 17.9 Å². The van der Waals surface area contributed by atoms with Gasteiger partial charge in [-0.2, -0.15) is 5.10 Å². The molecule has 184 valence electrons. The van der Waals surface area contributed by atoms with Crippen LogP contribution >= 0.6 is 11.3 Å². The molecule has 35 heavy (non-hydrogen) atoms. The summed E-state index contributed by atoms with van der Waals surface area (Å²) in [5.74, 6) is 0.465. The number of ether oxygens (including phenoxy) is 1. The molecule has 0 aliphatic rings. The number of carbonyl (C=O) groups is 1. The largest absolute Gasteiger partial charge is 0.497 e. The Hall–Kier alpha value is -3.44. The zero-order valence-electron chi connectivity index (χ0n) is 20.1. The summed E-state index contributed by atoms with van der Waals surface area (Å²) in [6, 6.07) is 12.6. The third-order valence-corrected chi connectivity index (χ3v) is 8.56. The smallest absolute Gasteiger partial charge is 0.268 e. The Morgan fingerprint density at radius 2 is 1.89 bits per heavy atom. The van der Waals surface area contributed by atoms with Gasteiger partial charge >= 0.3 is 0 Å². The van der Waals surface area contributed by atoms with Crippen molar-refractivity contribution in [3.8, 4) is 5.75 Å². The van der Waals surface area contributed by atoms with Crippen LogP contribution in [-0.2, 0) is 14.8 Å². The van der Waals surface area contributed by atoms with Crippen LogP contribution in [0.4, 0.5) is 10.8 Å². The number of hydrogen-bond acceptors (Lipinski definition) is 7. The molecule has 0 aliphatic carbocycles. The number of fused-ring (bicyclic) bond motifs is 1. The molecule has 0 aliphatic heterocycles. The van der Waals surface area contributed by atoms with E-state index in [0.29, 0.717) is 33.5 Å². The van der Waals surface area contributed by atoms with Crippen LogP contribution in [0, 0.1) is 13.8 Å². The van der Waals surface area contributed by atoms with Crippen molar-refractivity contribution >= 4 is 48.3 Å². The number of hydrogen-bond donors (Lipinski definition) is 2. The maximum Gasteiger partial charge on any atom is 0.268 e. The van der Waals surface area contributed by atoms with Crippen molar-refractivity contribution in [3.05, 3.63) is 59.4 Å². The Labute approximate surface area is 208 Å². The minimum atomic E-state index is -4.08. The van der Waals surface area contributed by atoms with E-state index in [1.807, 2.05) is 18.2 Å². The van der Waals surface area contributed by atoms with Gasteiger partial charge in [-0.3, -0.25) is 14.2 Å². The van der Waals surface area contributed by atoms with Gasteiger partial charge < -0.3 is 10.1 Å². The molecular weight excluding hydrogens is 486 g/mol. The lowest BCUT2D eigenvalue weighted by Gasteiger charge is -2.24. The van der Waals surface area contributed by atoms with E-state index in [-0.39, 0.29) is 10.8 Å². The van der Waals surface area contributed by atoms with Crippen LogP contribution in [0.15, 0.2) is 47.4 Å². The molecule has 0 bridgehead atoms. The summed E-state index contributed by atoms with van der Waals surface area (Å²) in [7, 11) is -2.50. The molecule has 0 saturated carbocycles. The first-order valence-electron chi connectivity index (χ1n) is 11.0. The third kappa shape index (κ3) is 5.01. The predicted molar refractivity (Wildman–Crippen MR) is 138 cm³/mol. The molecular formula is C24H27N5O4S2. The van der Waals surface area contributed by atoms with E-state index < -0.39 is 22.5 Å². The molecule has 0 saturated heterocycles. The van der Waals surface area contributed by atoms with Crippen molar-refractivity contribution in [2.75, 3.05) is 23.3 Å². The van der Waals surface area contributed by atoms with Crippen LogP contribution in [0.3, 0.4) is 0 Å². The Balaban J connectivity index is 1.66. The number of aryl methyl sites for hydroxylation is 2. The van der Waals surface area contributed by atoms with Crippen molar-refractivity contribution in [1.82, 2.24) is 15.2 Å². The standard InChI is InChI=1S/C24H27N5O4S2/c1-14(2)17-6-8-18(9-7-17)29(35(31,32)23-15(3)27-28-16(23)4)13-22(30)26-24-25-20-11-10-19(33-5)12-21(20)34-24/h6-12,14H,13H2,1-5H3,(H,27,28)(H,25,26,30). The molecule has 4 aromatic rings. The van der Waals surface area contributed by atoms with Crippen molar-refractivity contribution in [3.63, 3.8) is 0 Å². The zero-order valence-corrected chi connectivity index (χ0v) is 21.8. The molecule has 0 atom stereocenters. The molecule has 2 aromatic carbocycles. The van der Waals surface area contributed by atoms with Gasteiger partial charge in [-0.05, 0) is 55.7 Å². The highest BCUT2D eigenvalue weighted by molar-refractivity contribution is 7.93. The number of nitrogens with one attached hydrogen (secondary N) is 2. The summed E-state index contributed by atoms with van der Waals surface area (Å²) in [6.45, 7) is 6.95. The van der Waals surface area contributed by atoms with Gasteiger partial charge in [0.25, 0.3) is 10.0 Å². The minimum Gasteiger partial charge on any atom is -0.497 e. The van der Waals surface area contributed by atoms with E-state index in [1.165, 1.54) is 11.3 Å². The van der Waals surface area contributed by atoms with Gasteiger partial charge in [0.2, 0.25) is 5.91 Å². The van der Waals surface area contributed by atoms with Crippen molar-refractivity contribution in [2.24, 2.45) is 0 Å². The van der Waals surface area contributed by atoms with E-state index in [9.17, 15) is 13.2 Å². The van der Waals surface area contributed by atoms with Crippen LogP contribution < -0.4 is 14.4 Å². The molecule has 11 heteroatoms. The molecule has 0 fully saturated rings. The number of aromatic amines is 1. The molecule has 2 heterocycles. The first-order valence-corrected chi connectivity index (χ1v) is 13.2. The van der Waals surface area contributed by atoms with Crippen LogP contribution in [0.1, 0.15) is 36.7 Å². The predicted octanol–water partition coefficient (Wildman–Crippen LogP) is 4.60. The Morgan fingerprint density at radius 1 is 1.17 bits per heavy atom. The molecule has 2 N–H and O–H groups in total. The van der Waals surface area contributed by atoms with Gasteiger partial charge in [-0.1, -0.05) is 37.3 Å². The van der Waals surface area contributed by atoms with Gasteiger partial charge in [0, 0.05) is 0 Å². The number of aromatic nitrogens is 3. The quantitative estimate of drug-likeness (QED) is 0.356. The Kier molecular flexibility index (Phi) is 6.82. The molecule has 0 unspecified atom stereocenters. The lowest BCUT2D eigenvalue weighted by Crippen LogP contribution is -2.38. The fourth-order valence-electron chi connectivity index (χ4n) is 3.75. The number of methoxy groups -OCH3 is 1. The van der Waals surface area contributed by atoms with Crippen LogP contribution in [0.2, 0.25) is 0 Å². The summed E-state index contributed by atoms with van der Waals surface area (Å²) in [5, 5.41) is 9.87. The van der Waals surface area contributed by atoms with E-state index in [4.69, 9.17) is 4.74 Å². The first-order chi connectivity index (χ1) is 16.6. The van der Waals surface area contributed by atoms with Gasteiger partial charge in [0.1, 0.15) is 17.2 Å². The molecule has 4 rings (SSSR count). The maximum atomic E-state index is 13.7. The SMILES string of the molecule is COc1ccc2nc(NC(=O)CN(c3ccc(C(C)C)cc3)S(=O)(=O)c3c(C)n[nH]c3C)sc2c1. The number of thiazole rings is 1. The monoisotopic (exact) mass is 513 g/mol. The normalized spacial score (nSPS) is 11.7. The number of nitrogens with zero attached hydrogens (tertiary/aromatic N) is 3. The number of benzene rings is 2. The number of H-pyrrole nitrogens is 1. The topological polar surface area (TPSA) is 117 Å². The van der Waals surface area contributed by atoms with Gasteiger partial charge in [-0.15, -0.1) is 0 Å².